The summed E-state index contributed by atoms with van der Waals surface area (Å²) in [5.41, 5.74) is 1.01. The van der Waals surface area contributed by atoms with Crippen molar-refractivity contribution in [3.8, 4) is 0 Å². The number of rotatable bonds is 4. The zero-order valence-electron chi connectivity index (χ0n) is 9.45. The number of hydrogen-bond donors (Lipinski definition) is 0. The quantitative estimate of drug-likeness (QED) is 0.668. The van der Waals surface area contributed by atoms with E-state index in [2.05, 4.69) is 10.0 Å². The van der Waals surface area contributed by atoms with E-state index in [0.29, 0.717) is 6.54 Å². The fraction of sp³-hybridized carbons (Fsp3) is 0.800. The van der Waals surface area contributed by atoms with Crippen LogP contribution in [0.15, 0.2) is 5.10 Å². The Morgan fingerprint density at radius 2 is 2.14 bits per heavy atom. The first-order valence-corrected chi connectivity index (χ1v) is 5.09. The highest BCUT2D eigenvalue weighted by Crippen LogP contribution is 2.16. The van der Waals surface area contributed by atoms with Gasteiger partial charge in [0.2, 0.25) is 0 Å². The van der Waals surface area contributed by atoms with E-state index in [0.717, 1.165) is 18.7 Å². The van der Waals surface area contributed by atoms with Crippen LogP contribution in [0.5, 0.6) is 0 Å². The Balaban J connectivity index is 2.55. The summed E-state index contributed by atoms with van der Waals surface area (Å²) in [4.78, 5) is 13.7. The minimum Gasteiger partial charge on any atom is -0.308 e. The maximum Gasteiger partial charge on any atom is 0.251 e. The molecule has 1 heterocycles. The molecule has 0 fully saturated rings. The van der Waals surface area contributed by atoms with Crippen LogP contribution in [0, 0.1) is 5.92 Å². The molecule has 1 unspecified atom stereocenters. The summed E-state index contributed by atoms with van der Waals surface area (Å²) in [6, 6.07) is 0. The van der Waals surface area contributed by atoms with Crippen molar-refractivity contribution in [1.29, 1.82) is 0 Å². The van der Waals surface area contributed by atoms with Crippen LogP contribution in [0.25, 0.3) is 0 Å². The van der Waals surface area contributed by atoms with Gasteiger partial charge in [-0.3, -0.25) is 4.79 Å². The molecule has 0 aromatic carbocycles. The molecule has 14 heavy (non-hydrogen) atoms. The molecule has 0 aromatic heterocycles. The second-order valence-corrected chi connectivity index (χ2v) is 3.93. The normalized spacial score (nSPS) is 22.1. The van der Waals surface area contributed by atoms with Gasteiger partial charge in [-0.15, -0.1) is 0 Å². The van der Waals surface area contributed by atoms with Crippen LogP contribution in [-0.4, -0.2) is 48.7 Å². The molecule has 0 aromatic rings. The van der Waals surface area contributed by atoms with Crippen molar-refractivity contribution in [1.82, 2.24) is 9.91 Å². The molecular formula is C10H19N3O. The summed E-state index contributed by atoms with van der Waals surface area (Å²) < 4.78 is 0. The van der Waals surface area contributed by atoms with Crippen molar-refractivity contribution in [3.05, 3.63) is 0 Å². The van der Waals surface area contributed by atoms with E-state index in [1.807, 2.05) is 27.9 Å². The van der Waals surface area contributed by atoms with Crippen molar-refractivity contribution >= 4 is 11.6 Å². The number of amides is 1. The number of carbonyl (C=O) groups excluding carboxylic acids is 1. The van der Waals surface area contributed by atoms with Gasteiger partial charge in [0.05, 0.1) is 18.2 Å². The number of hydrogen-bond acceptors (Lipinski definition) is 3. The highest BCUT2D eigenvalue weighted by atomic mass is 16.2. The first-order valence-electron chi connectivity index (χ1n) is 5.09. The molecule has 1 rings (SSSR count). The molecule has 0 N–H and O–H groups in total. The zero-order chi connectivity index (χ0) is 10.7. The van der Waals surface area contributed by atoms with E-state index in [9.17, 15) is 4.79 Å². The van der Waals surface area contributed by atoms with Gasteiger partial charge < -0.3 is 4.90 Å². The second-order valence-electron chi connectivity index (χ2n) is 3.93. The number of hydrazone groups is 1. The lowest BCUT2D eigenvalue weighted by Gasteiger charge is -2.15. The van der Waals surface area contributed by atoms with Crippen LogP contribution in [0.1, 0.15) is 20.3 Å². The van der Waals surface area contributed by atoms with Gasteiger partial charge in [-0.2, -0.15) is 5.10 Å². The molecule has 1 amide bonds. The lowest BCUT2D eigenvalue weighted by Crippen LogP contribution is -2.32. The van der Waals surface area contributed by atoms with Crippen LogP contribution in [-0.2, 0) is 4.79 Å². The van der Waals surface area contributed by atoms with Crippen LogP contribution in [0.2, 0.25) is 0 Å². The second kappa shape index (κ2) is 4.55. The maximum absolute atomic E-state index is 11.7. The standard InChI is InChI=1S/C10H19N3O/c1-5-9-8(2)10(14)13(11-9)7-6-12(3)4/h8H,5-7H2,1-4H3. The molecule has 0 radical (unpaired) electrons. The predicted molar refractivity (Wildman–Crippen MR) is 57.2 cm³/mol. The van der Waals surface area contributed by atoms with Gasteiger partial charge in [0.1, 0.15) is 0 Å². The van der Waals surface area contributed by atoms with Crippen LogP contribution in [0.4, 0.5) is 0 Å². The zero-order valence-corrected chi connectivity index (χ0v) is 9.45. The molecule has 1 aliphatic heterocycles. The van der Waals surface area contributed by atoms with Gasteiger partial charge in [-0.05, 0) is 27.4 Å². The SMILES string of the molecule is CCC1=NN(CCN(C)C)C(=O)C1C. The van der Waals surface area contributed by atoms with Crippen molar-refractivity contribution in [2.24, 2.45) is 11.0 Å². The summed E-state index contributed by atoms with van der Waals surface area (Å²) in [6.45, 7) is 5.52. The van der Waals surface area contributed by atoms with Gasteiger partial charge in [-0.1, -0.05) is 6.92 Å². The summed E-state index contributed by atoms with van der Waals surface area (Å²) >= 11 is 0. The predicted octanol–water partition coefficient (Wildman–Crippen LogP) is 0.792. The Morgan fingerprint density at radius 1 is 1.50 bits per heavy atom. The third kappa shape index (κ3) is 2.32. The number of carbonyl (C=O) groups is 1. The summed E-state index contributed by atoms with van der Waals surface area (Å²) in [7, 11) is 3.99. The summed E-state index contributed by atoms with van der Waals surface area (Å²) in [5.74, 6) is 0.130. The molecule has 0 bridgehead atoms. The highest BCUT2D eigenvalue weighted by molar-refractivity contribution is 6.07. The van der Waals surface area contributed by atoms with Crippen molar-refractivity contribution in [2.75, 3.05) is 27.2 Å². The van der Waals surface area contributed by atoms with E-state index in [-0.39, 0.29) is 11.8 Å². The molecule has 80 valence electrons. The average Bonchev–Trinajstić information content (AvgIpc) is 2.41. The largest absolute Gasteiger partial charge is 0.308 e. The molecule has 4 nitrogen and oxygen atoms in total. The maximum atomic E-state index is 11.7. The van der Waals surface area contributed by atoms with E-state index in [1.165, 1.54) is 0 Å². The van der Waals surface area contributed by atoms with Gasteiger partial charge in [0.15, 0.2) is 0 Å². The third-order valence-corrected chi connectivity index (χ3v) is 2.50. The van der Waals surface area contributed by atoms with Crippen molar-refractivity contribution < 1.29 is 4.79 Å². The third-order valence-electron chi connectivity index (χ3n) is 2.50. The van der Waals surface area contributed by atoms with E-state index < -0.39 is 0 Å². The lowest BCUT2D eigenvalue weighted by atomic mass is 10.0. The van der Waals surface area contributed by atoms with E-state index in [1.54, 1.807) is 5.01 Å². The van der Waals surface area contributed by atoms with Crippen molar-refractivity contribution in [3.63, 3.8) is 0 Å². The molecule has 0 saturated heterocycles. The number of nitrogens with zero attached hydrogens (tertiary/aromatic N) is 3. The molecule has 4 heteroatoms. The fourth-order valence-corrected chi connectivity index (χ4v) is 1.49. The van der Waals surface area contributed by atoms with Gasteiger partial charge in [0.25, 0.3) is 5.91 Å². The molecular weight excluding hydrogens is 178 g/mol. The molecule has 1 aliphatic rings. The van der Waals surface area contributed by atoms with Gasteiger partial charge in [-0.25, -0.2) is 5.01 Å². The van der Waals surface area contributed by atoms with E-state index in [4.69, 9.17) is 0 Å². The monoisotopic (exact) mass is 197 g/mol. The minimum atomic E-state index is -0.0119. The Labute approximate surface area is 85.6 Å². The highest BCUT2D eigenvalue weighted by Gasteiger charge is 2.30. The smallest absolute Gasteiger partial charge is 0.251 e. The average molecular weight is 197 g/mol. The summed E-state index contributed by atoms with van der Waals surface area (Å²) in [5, 5.41) is 5.92. The van der Waals surface area contributed by atoms with Gasteiger partial charge in [0, 0.05) is 6.54 Å². The number of likely N-dealkylation sites (N-methyl/N-ethyl adjacent to an activating group) is 1. The molecule has 0 spiro atoms. The summed E-state index contributed by atoms with van der Waals surface area (Å²) in [6.07, 6.45) is 0.866. The molecule has 0 saturated carbocycles. The van der Waals surface area contributed by atoms with E-state index >= 15 is 0 Å². The van der Waals surface area contributed by atoms with Crippen molar-refractivity contribution in [2.45, 2.75) is 20.3 Å². The Kier molecular flexibility index (Phi) is 3.63. The molecule has 1 atom stereocenters. The van der Waals surface area contributed by atoms with Gasteiger partial charge >= 0.3 is 0 Å². The fourth-order valence-electron chi connectivity index (χ4n) is 1.49. The Bertz CT molecular complexity index is 248. The minimum absolute atomic E-state index is 0.0119. The topological polar surface area (TPSA) is 35.9 Å². The van der Waals surface area contributed by atoms with Crippen LogP contribution < -0.4 is 0 Å². The van der Waals surface area contributed by atoms with Crippen LogP contribution in [0.3, 0.4) is 0 Å². The first-order chi connectivity index (χ1) is 6.56. The Morgan fingerprint density at radius 3 is 2.57 bits per heavy atom. The first kappa shape index (κ1) is 11.2. The lowest BCUT2D eigenvalue weighted by molar-refractivity contribution is -0.131. The molecule has 0 aliphatic carbocycles. The van der Waals surface area contributed by atoms with Crippen LogP contribution >= 0.6 is 0 Å². The Hall–Kier alpha value is -0.900.